The smallest absolute Gasteiger partial charge is 0.237 e. The third-order valence-electron chi connectivity index (χ3n) is 4.10. The number of imidazole rings is 1. The first-order valence-electron chi connectivity index (χ1n) is 8.86. The third kappa shape index (κ3) is 4.71. The number of nitrogens with one attached hydrogen (secondary N) is 1. The molecule has 0 fully saturated rings. The first-order chi connectivity index (χ1) is 13.1. The highest BCUT2D eigenvalue weighted by atomic mass is 32.2. The van der Waals surface area contributed by atoms with Crippen molar-refractivity contribution in [3.8, 4) is 17.0 Å². The molecule has 1 unspecified atom stereocenters. The molecule has 0 spiro atoms. The van der Waals surface area contributed by atoms with E-state index in [-0.39, 0.29) is 11.2 Å². The highest BCUT2D eigenvalue weighted by Gasteiger charge is 2.18. The summed E-state index contributed by atoms with van der Waals surface area (Å²) in [7, 11) is 1.97. The number of carbonyl (C=O) groups excluding carboxylic acids is 1. The number of benzene rings is 2. The van der Waals surface area contributed by atoms with Crippen LogP contribution < -0.4 is 10.1 Å². The second kappa shape index (κ2) is 8.77. The van der Waals surface area contributed by atoms with Gasteiger partial charge in [-0.3, -0.25) is 4.79 Å². The second-order valence-electron chi connectivity index (χ2n) is 6.06. The maximum absolute atomic E-state index is 12.5. The van der Waals surface area contributed by atoms with Crippen LogP contribution in [0.1, 0.15) is 13.8 Å². The zero-order valence-electron chi connectivity index (χ0n) is 15.7. The number of hydrogen-bond acceptors (Lipinski definition) is 4. The topological polar surface area (TPSA) is 56.1 Å². The van der Waals surface area contributed by atoms with Gasteiger partial charge in [0.15, 0.2) is 5.16 Å². The van der Waals surface area contributed by atoms with Crippen molar-refractivity contribution in [1.82, 2.24) is 9.55 Å². The first kappa shape index (κ1) is 19.0. The molecule has 1 atom stereocenters. The van der Waals surface area contributed by atoms with Crippen LogP contribution in [-0.2, 0) is 11.8 Å². The van der Waals surface area contributed by atoms with E-state index in [1.165, 1.54) is 11.8 Å². The molecule has 0 saturated carbocycles. The summed E-state index contributed by atoms with van der Waals surface area (Å²) >= 11 is 1.44. The lowest BCUT2D eigenvalue weighted by molar-refractivity contribution is -0.115. The molecule has 1 N–H and O–H groups in total. The fraction of sp³-hybridized carbons (Fsp3) is 0.238. The van der Waals surface area contributed by atoms with E-state index < -0.39 is 0 Å². The third-order valence-corrected chi connectivity index (χ3v) is 5.26. The van der Waals surface area contributed by atoms with Crippen molar-refractivity contribution < 1.29 is 9.53 Å². The number of thioether (sulfide) groups is 1. The molecule has 0 aliphatic heterocycles. The molecule has 3 aromatic rings. The van der Waals surface area contributed by atoms with Crippen LogP contribution in [0.2, 0.25) is 0 Å². The summed E-state index contributed by atoms with van der Waals surface area (Å²) in [6.07, 6.45) is 1.84. The maximum atomic E-state index is 12.5. The van der Waals surface area contributed by atoms with E-state index >= 15 is 0 Å². The SMILES string of the molecule is CCOc1ccc(NC(=O)C(C)Sc2ncc(-c3ccccc3)n2C)cc1. The second-order valence-corrected chi connectivity index (χ2v) is 7.37. The van der Waals surface area contributed by atoms with Crippen molar-refractivity contribution in [2.75, 3.05) is 11.9 Å². The normalized spacial score (nSPS) is 11.8. The van der Waals surface area contributed by atoms with Crippen molar-refractivity contribution >= 4 is 23.4 Å². The lowest BCUT2D eigenvalue weighted by Crippen LogP contribution is -2.22. The largest absolute Gasteiger partial charge is 0.494 e. The number of anilines is 1. The lowest BCUT2D eigenvalue weighted by atomic mass is 10.2. The van der Waals surface area contributed by atoms with Gasteiger partial charge in [0, 0.05) is 12.7 Å². The summed E-state index contributed by atoms with van der Waals surface area (Å²) in [5.41, 5.74) is 2.88. The summed E-state index contributed by atoms with van der Waals surface area (Å²) < 4.78 is 7.43. The fourth-order valence-corrected chi connectivity index (χ4v) is 3.49. The Morgan fingerprint density at radius 1 is 1.19 bits per heavy atom. The summed E-state index contributed by atoms with van der Waals surface area (Å²) in [5.74, 6) is 0.729. The number of rotatable bonds is 7. The van der Waals surface area contributed by atoms with E-state index in [4.69, 9.17) is 4.74 Å². The molecule has 6 heteroatoms. The molecule has 0 radical (unpaired) electrons. The number of hydrogen-bond donors (Lipinski definition) is 1. The highest BCUT2D eigenvalue weighted by molar-refractivity contribution is 8.00. The monoisotopic (exact) mass is 381 g/mol. The molecule has 0 aliphatic rings. The van der Waals surface area contributed by atoms with Crippen molar-refractivity contribution in [2.24, 2.45) is 7.05 Å². The molecular weight excluding hydrogens is 358 g/mol. The van der Waals surface area contributed by atoms with Gasteiger partial charge >= 0.3 is 0 Å². The average molecular weight is 382 g/mol. The summed E-state index contributed by atoms with van der Waals surface area (Å²) in [4.78, 5) is 17.0. The molecule has 0 bridgehead atoms. The molecule has 0 saturated heterocycles. The molecule has 1 amide bonds. The van der Waals surface area contributed by atoms with Crippen LogP contribution in [0.15, 0.2) is 66.0 Å². The van der Waals surface area contributed by atoms with E-state index in [0.717, 1.165) is 27.9 Å². The number of nitrogens with zero attached hydrogens (tertiary/aromatic N) is 2. The molecular formula is C21H23N3O2S. The molecule has 1 aromatic heterocycles. The van der Waals surface area contributed by atoms with E-state index in [1.807, 2.05) is 86.3 Å². The van der Waals surface area contributed by atoms with Gasteiger partial charge in [0.05, 0.1) is 23.7 Å². The van der Waals surface area contributed by atoms with Crippen molar-refractivity contribution in [1.29, 1.82) is 0 Å². The van der Waals surface area contributed by atoms with Gasteiger partial charge in [0.1, 0.15) is 5.75 Å². The Labute approximate surface area is 163 Å². The number of amides is 1. The van der Waals surface area contributed by atoms with Crippen LogP contribution in [-0.4, -0.2) is 27.3 Å². The van der Waals surface area contributed by atoms with E-state index in [1.54, 1.807) is 0 Å². The summed E-state index contributed by atoms with van der Waals surface area (Å²) in [6, 6.07) is 17.5. The Bertz CT molecular complexity index is 892. The van der Waals surface area contributed by atoms with Gasteiger partial charge in [-0.2, -0.15) is 0 Å². The fourth-order valence-electron chi connectivity index (χ4n) is 2.64. The van der Waals surface area contributed by atoms with E-state index in [2.05, 4.69) is 10.3 Å². The van der Waals surface area contributed by atoms with Gasteiger partial charge in [-0.25, -0.2) is 4.98 Å². The van der Waals surface area contributed by atoms with E-state index in [0.29, 0.717) is 6.61 Å². The minimum absolute atomic E-state index is 0.0616. The van der Waals surface area contributed by atoms with Gasteiger partial charge < -0.3 is 14.6 Å². The number of ether oxygens (including phenoxy) is 1. The minimum Gasteiger partial charge on any atom is -0.494 e. The molecule has 2 aromatic carbocycles. The van der Waals surface area contributed by atoms with Crippen LogP contribution in [0.4, 0.5) is 5.69 Å². The zero-order valence-corrected chi connectivity index (χ0v) is 16.5. The zero-order chi connectivity index (χ0) is 19.2. The van der Waals surface area contributed by atoms with E-state index in [9.17, 15) is 4.79 Å². The summed E-state index contributed by atoms with van der Waals surface area (Å²) in [5, 5.41) is 3.47. The molecule has 27 heavy (non-hydrogen) atoms. The minimum atomic E-state index is -0.277. The quantitative estimate of drug-likeness (QED) is 0.608. The Balaban J connectivity index is 1.64. The van der Waals surface area contributed by atoms with Crippen molar-refractivity contribution in [3.05, 3.63) is 60.8 Å². The molecule has 140 valence electrons. The predicted octanol–water partition coefficient (Wildman–Crippen LogP) is 4.61. The summed E-state index contributed by atoms with van der Waals surface area (Å²) in [6.45, 7) is 4.44. The molecule has 0 aliphatic carbocycles. The first-order valence-corrected chi connectivity index (χ1v) is 9.74. The Hall–Kier alpha value is -2.73. The Morgan fingerprint density at radius 2 is 1.89 bits per heavy atom. The standard InChI is InChI=1S/C21H23N3O2S/c1-4-26-18-12-10-17(11-13-18)23-20(25)15(2)27-21-22-14-19(24(21)3)16-8-6-5-7-9-16/h5-15H,4H2,1-3H3,(H,23,25). The van der Waals surface area contributed by atoms with Crippen LogP contribution in [0.5, 0.6) is 5.75 Å². The number of carbonyl (C=O) groups is 1. The number of aromatic nitrogens is 2. The average Bonchev–Trinajstić information content (AvgIpc) is 3.04. The van der Waals surface area contributed by atoms with Crippen LogP contribution in [0, 0.1) is 0 Å². The van der Waals surface area contributed by atoms with Crippen molar-refractivity contribution in [2.45, 2.75) is 24.3 Å². The lowest BCUT2D eigenvalue weighted by Gasteiger charge is -2.13. The van der Waals surface area contributed by atoms with Crippen LogP contribution >= 0.6 is 11.8 Å². The van der Waals surface area contributed by atoms with Crippen molar-refractivity contribution in [3.63, 3.8) is 0 Å². The predicted molar refractivity (Wildman–Crippen MR) is 110 cm³/mol. The van der Waals surface area contributed by atoms with Gasteiger partial charge in [-0.15, -0.1) is 0 Å². The molecule has 5 nitrogen and oxygen atoms in total. The highest BCUT2D eigenvalue weighted by Crippen LogP contribution is 2.28. The van der Waals surface area contributed by atoms with Gasteiger partial charge in [-0.05, 0) is 43.7 Å². The van der Waals surface area contributed by atoms with Crippen LogP contribution in [0.25, 0.3) is 11.3 Å². The van der Waals surface area contributed by atoms with Gasteiger partial charge in [-0.1, -0.05) is 42.1 Å². The van der Waals surface area contributed by atoms with Gasteiger partial charge in [0.2, 0.25) is 5.91 Å². The maximum Gasteiger partial charge on any atom is 0.237 e. The van der Waals surface area contributed by atoms with Crippen LogP contribution in [0.3, 0.4) is 0 Å². The van der Waals surface area contributed by atoms with Gasteiger partial charge in [0.25, 0.3) is 0 Å². The Kier molecular flexibility index (Phi) is 6.19. The molecule has 1 heterocycles. The molecule has 3 rings (SSSR count). The Morgan fingerprint density at radius 3 is 2.56 bits per heavy atom.